The SMILES string of the molecule is CC(C)C[C@H](NC(=O)c1cc2c(F)cccc2[nH]1)C(=O)NN(C[C@@H]1CCNC1=O)C(=O)C(F)Cl. The molecule has 1 saturated heterocycles. The number of hydrazine groups is 1. The van der Waals surface area contributed by atoms with Crippen LogP contribution in [0, 0.1) is 17.7 Å². The summed E-state index contributed by atoms with van der Waals surface area (Å²) in [5, 5.41) is 6.07. The molecule has 0 saturated carbocycles. The molecular weight excluding hydrogens is 472 g/mol. The molecule has 1 aliphatic heterocycles. The van der Waals surface area contributed by atoms with E-state index < -0.39 is 41.1 Å². The van der Waals surface area contributed by atoms with Gasteiger partial charge in [0.1, 0.15) is 17.6 Å². The number of alkyl halides is 2. The average molecular weight is 498 g/mol. The molecule has 0 aliphatic carbocycles. The number of fused-ring (bicyclic) bond motifs is 1. The van der Waals surface area contributed by atoms with E-state index in [0.717, 1.165) is 0 Å². The van der Waals surface area contributed by atoms with Gasteiger partial charge in [0, 0.05) is 17.4 Å². The standard InChI is InChI=1S/C22H26ClF2N5O4/c1-11(2)8-16(28-20(32)17-9-13-14(24)4-3-5-15(13)27-17)21(33)29-30(22(34)18(23)25)10-12-6-7-26-19(12)31/h3-5,9,11-12,16,18,27H,6-8,10H2,1-2H3,(H,26,31)(H,28,32)(H,29,33)/t12-,16-,18?/m0/s1. The highest BCUT2D eigenvalue weighted by Crippen LogP contribution is 2.19. The molecule has 12 heteroatoms. The Morgan fingerprint density at radius 2 is 2.03 bits per heavy atom. The predicted molar refractivity (Wildman–Crippen MR) is 121 cm³/mol. The van der Waals surface area contributed by atoms with Crippen molar-refractivity contribution in [3.63, 3.8) is 0 Å². The number of nitrogens with one attached hydrogen (secondary N) is 4. The van der Waals surface area contributed by atoms with Crippen molar-refractivity contribution < 1.29 is 28.0 Å². The Bertz CT molecular complexity index is 1090. The Hall–Kier alpha value is -3.21. The van der Waals surface area contributed by atoms with Gasteiger partial charge in [-0.2, -0.15) is 0 Å². The normalized spacial score (nSPS) is 17.4. The van der Waals surface area contributed by atoms with E-state index in [9.17, 15) is 28.0 Å². The number of nitrogens with zero attached hydrogens (tertiary/aromatic N) is 1. The summed E-state index contributed by atoms with van der Waals surface area (Å²) in [7, 11) is 0. The van der Waals surface area contributed by atoms with Crippen molar-refractivity contribution in [2.45, 2.75) is 38.4 Å². The molecule has 34 heavy (non-hydrogen) atoms. The van der Waals surface area contributed by atoms with Crippen LogP contribution >= 0.6 is 11.6 Å². The molecule has 4 N–H and O–H groups in total. The van der Waals surface area contributed by atoms with Crippen LogP contribution in [0.15, 0.2) is 24.3 Å². The number of carbonyl (C=O) groups is 4. The van der Waals surface area contributed by atoms with E-state index in [1.807, 2.05) is 13.8 Å². The maximum atomic E-state index is 14.0. The molecule has 1 aromatic heterocycles. The summed E-state index contributed by atoms with van der Waals surface area (Å²) in [6.07, 6.45) is 0.596. The third kappa shape index (κ3) is 6.02. The van der Waals surface area contributed by atoms with Crippen LogP contribution in [0.2, 0.25) is 0 Å². The summed E-state index contributed by atoms with van der Waals surface area (Å²) >= 11 is 5.29. The van der Waals surface area contributed by atoms with Crippen molar-refractivity contribution in [1.29, 1.82) is 0 Å². The van der Waals surface area contributed by atoms with E-state index in [-0.39, 0.29) is 35.9 Å². The highest BCUT2D eigenvalue weighted by molar-refractivity contribution is 6.29. The molecule has 1 aromatic carbocycles. The zero-order valence-corrected chi connectivity index (χ0v) is 19.4. The lowest BCUT2D eigenvalue weighted by Gasteiger charge is -2.28. The molecule has 2 aromatic rings. The fourth-order valence-corrected chi connectivity index (χ4v) is 3.86. The van der Waals surface area contributed by atoms with Crippen LogP contribution in [0.25, 0.3) is 10.9 Å². The zero-order valence-electron chi connectivity index (χ0n) is 18.7. The number of rotatable bonds is 8. The van der Waals surface area contributed by atoms with E-state index >= 15 is 0 Å². The van der Waals surface area contributed by atoms with Crippen molar-refractivity contribution in [2.24, 2.45) is 11.8 Å². The molecule has 2 heterocycles. The van der Waals surface area contributed by atoms with Crippen LogP contribution in [0.4, 0.5) is 8.78 Å². The molecule has 3 rings (SSSR count). The van der Waals surface area contributed by atoms with Gasteiger partial charge in [-0.1, -0.05) is 31.5 Å². The highest BCUT2D eigenvalue weighted by Gasteiger charge is 2.33. The van der Waals surface area contributed by atoms with Crippen molar-refractivity contribution in [3.05, 3.63) is 35.8 Å². The fourth-order valence-electron chi connectivity index (χ4n) is 3.74. The minimum atomic E-state index is -2.43. The van der Waals surface area contributed by atoms with Crippen molar-refractivity contribution in [3.8, 4) is 0 Å². The summed E-state index contributed by atoms with van der Waals surface area (Å²) in [6, 6.07) is 4.59. The van der Waals surface area contributed by atoms with Gasteiger partial charge in [-0.15, -0.1) is 0 Å². The second kappa shape index (κ2) is 10.8. The number of carbonyl (C=O) groups excluding carboxylic acids is 4. The van der Waals surface area contributed by atoms with Crippen LogP contribution in [0.1, 0.15) is 37.2 Å². The average Bonchev–Trinajstić information content (AvgIpc) is 3.39. The number of hydrogen-bond donors (Lipinski definition) is 4. The largest absolute Gasteiger partial charge is 0.356 e. The van der Waals surface area contributed by atoms with Crippen LogP contribution in [-0.2, 0) is 14.4 Å². The molecule has 1 unspecified atom stereocenters. The first-order valence-electron chi connectivity index (χ1n) is 10.8. The second-order valence-corrected chi connectivity index (χ2v) is 8.93. The molecule has 184 valence electrons. The van der Waals surface area contributed by atoms with E-state index in [2.05, 4.69) is 21.0 Å². The number of aromatic nitrogens is 1. The van der Waals surface area contributed by atoms with Gasteiger partial charge in [0.05, 0.1) is 12.5 Å². The van der Waals surface area contributed by atoms with E-state index in [1.165, 1.54) is 18.2 Å². The summed E-state index contributed by atoms with van der Waals surface area (Å²) < 4.78 is 27.5. The van der Waals surface area contributed by atoms with Crippen molar-refractivity contribution in [1.82, 2.24) is 26.1 Å². The minimum Gasteiger partial charge on any atom is -0.356 e. The van der Waals surface area contributed by atoms with Crippen molar-refractivity contribution in [2.75, 3.05) is 13.1 Å². The topological polar surface area (TPSA) is 123 Å². The maximum Gasteiger partial charge on any atom is 0.291 e. The first-order valence-corrected chi connectivity index (χ1v) is 11.3. The summed E-state index contributed by atoms with van der Waals surface area (Å²) in [6.45, 7) is 3.78. The lowest BCUT2D eigenvalue weighted by molar-refractivity contribution is -0.145. The van der Waals surface area contributed by atoms with Crippen LogP contribution < -0.4 is 16.1 Å². The number of amides is 4. The first-order chi connectivity index (χ1) is 16.1. The van der Waals surface area contributed by atoms with Gasteiger partial charge in [0.2, 0.25) is 5.91 Å². The molecule has 9 nitrogen and oxygen atoms in total. The first kappa shape index (κ1) is 25.4. The Labute approximate surface area is 199 Å². The van der Waals surface area contributed by atoms with Gasteiger partial charge in [-0.05, 0) is 37.0 Å². The van der Waals surface area contributed by atoms with E-state index in [1.54, 1.807) is 6.07 Å². The Kier molecular flexibility index (Phi) is 8.08. The highest BCUT2D eigenvalue weighted by atomic mass is 35.5. The minimum absolute atomic E-state index is 0.0390. The monoisotopic (exact) mass is 497 g/mol. The Morgan fingerprint density at radius 1 is 1.29 bits per heavy atom. The quantitative estimate of drug-likeness (QED) is 0.329. The van der Waals surface area contributed by atoms with Gasteiger partial charge < -0.3 is 15.6 Å². The summed E-state index contributed by atoms with van der Waals surface area (Å²) in [5.74, 6) is -4.18. The van der Waals surface area contributed by atoms with E-state index in [0.29, 0.717) is 23.5 Å². The maximum absolute atomic E-state index is 14.0. The zero-order chi connectivity index (χ0) is 25.0. The molecular formula is C22H26ClF2N5O4. The lowest BCUT2D eigenvalue weighted by Crippen LogP contribution is -2.57. The number of benzene rings is 1. The molecule has 3 atom stereocenters. The van der Waals surface area contributed by atoms with Crippen LogP contribution in [-0.4, -0.2) is 58.4 Å². The predicted octanol–water partition coefficient (Wildman–Crippen LogP) is 1.98. The number of hydrogen-bond acceptors (Lipinski definition) is 4. The molecule has 0 spiro atoms. The molecule has 1 fully saturated rings. The van der Waals surface area contributed by atoms with Gasteiger partial charge in [0.15, 0.2) is 0 Å². The van der Waals surface area contributed by atoms with Crippen LogP contribution in [0.5, 0.6) is 0 Å². The number of aromatic amines is 1. The van der Waals surface area contributed by atoms with Crippen molar-refractivity contribution >= 4 is 46.1 Å². The van der Waals surface area contributed by atoms with Gasteiger partial charge >= 0.3 is 0 Å². The molecule has 0 radical (unpaired) electrons. The third-order valence-corrected chi connectivity index (χ3v) is 5.63. The molecule has 1 aliphatic rings. The fraction of sp³-hybridized carbons (Fsp3) is 0.455. The van der Waals surface area contributed by atoms with Gasteiger partial charge in [0.25, 0.3) is 23.4 Å². The van der Waals surface area contributed by atoms with Crippen LogP contribution in [0.3, 0.4) is 0 Å². The molecule has 0 bridgehead atoms. The smallest absolute Gasteiger partial charge is 0.291 e. The Morgan fingerprint density at radius 3 is 2.62 bits per heavy atom. The van der Waals surface area contributed by atoms with Gasteiger partial charge in [-0.25, -0.2) is 13.8 Å². The molecule has 4 amide bonds. The van der Waals surface area contributed by atoms with E-state index in [4.69, 9.17) is 11.6 Å². The summed E-state index contributed by atoms with van der Waals surface area (Å²) in [4.78, 5) is 52.8. The van der Waals surface area contributed by atoms with Gasteiger partial charge in [-0.3, -0.25) is 24.6 Å². The Balaban J connectivity index is 1.76. The third-order valence-electron chi connectivity index (χ3n) is 5.45. The second-order valence-electron chi connectivity index (χ2n) is 8.54. The lowest BCUT2D eigenvalue weighted by atomic mass is 10.0. The number of halogens is 3. The number of H-pyrrole nitrogens is 1. The summed E-state index contributed by atoms with van der Waals surface area (Å²) in [5.41, 5.74) is 0.330.